The summed E-state index contributed by atoms with van der Waals surface area (Å²) in [5.41, 5.74) is 1.07. The van der Waals surface area contributed by atoms with Crippen LogP contribution in [-0.2, 0) is 16.1 Å². The molecule has 0 saturated heterocycles. The quantitative estimate of drug-likeness (QED) is 0.801. The molecule has 0 saturated carbocycles. The third kappa shape index (κ3) is 5.48. The monoisotopic (exact) mass is 248 g/mol. The van der Waals surface area contributed by atoms with E-state index >= 15 is 0 Å². The zero-order valence-corrected chi connectivity index (χ0v) is 10.9. The molecule has 4 heteroatoms. The average Bonchev–Trinajstić information content (AvgIpc) is 2.37. The van der Waals surface area contributed by atoms with Gasteiger partial charge in [0.1, 0.15) is 0 Å². The molecule has 0 radical (unpaired) electrons. The molecule has 0 heterocycles. The second kappa shape index (κ2) is 7.48. The van der Waals surface area contributed by atoms with Gasteiger partial charge in [0.15, 0.2) is 0 Å². The van der Waals surface area contributed by atoms with E-state index in [1.54, 1.807) is 0 Å². The molecule has 18 heavy (non-hydrogen) atoms. The zero-order valence-electron chi connectivity index (χ0n) is 10.9. The van der Waals surface area contributed by atoms with Crippen LogP contribution < -0.4 is 10.6 Å². The first-order valence-corrected chi connectivity index (χ1v) is 6.18. The summed E-state index contributed by atoms with van der Waals surface area (Å²) >= 11 is 0. The van der Waals surface area contributed by atoms with E-state index in [1.165, 1.54) is 0 Å². The number of hydrogen-bond acceptors (Lipinski definition) is 2. The smallest absolute Gasteiger partial charge is 0.222 e. The minimum Gasteiger partial charge on any atom is -0.355 e. The van der Waals surface area contributed by atoms with Crippen molar-refractivity contribution < 1.29 is 9.59 Å². The molecule has 0 bridgehead atoms. The Balaban J connectivity index is 2.17. The fraction of sp³-hybridized carbons (Fsp3) is 0.429. The minimum atomic E-state index is -0.0529. The van der Waals surface area contributed by atoms with Crippen molar-refractivity contribution in [1.82, 2.24) is 10.6 Å². The fourth-order valence-electron chi connectivity index (χ4n) is 1.39. The largest absolute Gasteiger partial charge is 0.355 e. The predicted octanol–water partition coefficient (Wildman–Crippen LogP) is 1.47. The van der Waals surface area contributed by atoms with Crippen LogP contribution in [-0.4, -0.2) is 18.4 Å². The van der Waals surface area contributed by atoms with Gasteiger partial charge in [0, 0.05) is 25.4 Å². The van der Waals surface area contributed by atoms with Crippen molar-refractivity contribution >= 4 is 11.8 Å². The normalized spacial score (nSPS) is 10.2. The predicted molar refractivity (Wildman–Crippen MR) is 70.8 cm³/mol. The van der Waals surface area contributed by atoms with Crippen molar-refractivity contribution in [1.29, 1.82) is 0 Å². The number of amides is 2. The Labute approximate surface area is 108 Å². The van der Waals surface area contributed by atoms with Gasteiger partial charge in [-0.15, -0.1) is 0 Å². The highest BCUT2D eigenvalue weighted by molar-refractivity contribution is 5.79. The van der Waals surface area contributed by atoms with Crippen molar-refractivity contribution in [3.05, 3.63) is 35.9 Å². The average molecular weight is 248 g/mol. The van der Waals surface area contributed by atoms with Crippen LogP contribution in [0.25, 0.3) is 0 Å². The van der Waals surface area contributed by atoms with E-state index in [2.05, 4.69) is 10.6 Å². The molecule has 0 aliphatic rings. The second-order valence-corrected chi connectivity index (χ2v) is 4.46. The molecule has 4 nitrogen and oxygen atoms in total. The lowest BCUT2D eigenvalue weighted by molar-refractivity contribution is -0.124. The summed E-state index contributed by atoms with van der Waals surface area (Å²) in [5.74, 6) is -0.119. The number of carbonyl (C=O) groups is 2. The minimum absolute atomic E-state index is 0.0224. The van der Waals surface area contributed by atoms with Gasteiger partial charge in [-0.3, -0.25) is 9.59 Å². The van der Waals surface area contributed by atoms with Gasteiger partial charge in [-0.05, 0) is 5.56 Å². The van der Waals surface area contributed by atoms with Gasteiger partial charge in [-0.25, -0.2) is 0 Å². The van der Waals surface area contributed by atoms with Crippen LogP contribution in [0.4, 0.5) is 0 Å². The first-order chi connectivity index (χ1) is 8.59. The van der Waals surface area contributed by atoms with Crippen molar-refractivity contribution in [2.24, 2.45) is 5.92 Å². The standard InChI is InChI=1S/C14H20N2O2/c1-11(2)14(18)15-9-8-13(17)16-10-12-6-4-3-5-7-12/h3-7,11H,8-10H2,1-2H3,(H,15,18)(H,16,17). The summed E-state index contributed by atoms with van der Waals surface area (Å²) in [6.45, 7) is 4.56. The van der Waals surface area contributed by atoms with E-state index < -0.39 is 0 Å². The molecule has 0 unspecified atom stereocenters. The summed E-state index contributed by atoms with van der Waals surface area (Å²) in [5, 5.41) is 5.52. The molecule has 0 fully saturated rings. The Morgan fingerprint density at radius 1 is 1.11 bits per heavy atom. The maximum absolute atomic E-state index is 11.5. The van der Waals surface area contributed by atoms with Crippen molar-refractivity contribution in [3.63, 3.8) is 0 Å². The first-order valence-electron chi connectivity index (χ1n) is 6.18. The van der Waals surface area contributed by atoms with E-state index in [4.69, 9.17) is 0 Å². The van der Waals surface area contributed by atoms with Crippen molar-refractivity contribution in [2.75, 3.05) is 6.54 Å². The molecule has 1 aromatic carbocycles. The molecular formula is C14H20N2O2. The van der Waals surface area contributed by atoms with E-state index in [9.17, 15) is 9.59 Å². The summed E-state index contributed by atoms with van der Waals surface area (Å²) in [7, 11) is 0. The Kier molecular flexibility index (Phi) is 5.91. The molecule has 2 amide bonds. The molecule has 0 aliphatic heterocycles. The van der Waals surface area contributed by atoms with Crippen LogP contribution in [0.1, 0.15) is 25.8 Å². The molecule has 2 N–H and O–H groups in total. The summed E-state index contributed by atoms with van der Waals surface area (Å²) in [6.07, 6.45) is 0.311. The number of benzene rings is 1. The van der Waals surface area contributed by atoms with Crippen LogP contribution >= 0.6 is 0 Å². The van der Waals surface area contributed by atoms with E-state index in [1.807, 2.05) is 44.2 Å². The number of hydrogen-bond donors (Lipinski definition) is 2. The zero-order chi connectivity index (χ0) is 13.4. The van der Waals surface area contributed by atoms with Gasteiger partial charge in [-0.2, -0.15) is 0 Å². The summed E-state index contributed by atoms with van der Waals surface area (Å²) < 4.78 is 0. The highest BCUT2D eigenvalue weighted by Crippen LogP contribution is 1.97. The van der Waals surface area contributed by atoms with Crippen molar-refractivity contribution in [2.45, 2.75) is 26.8 Å². The van der Waals surface area contributed by atoms with E-state index in [0.29, 0.717) is 19.5 Å². The lowest BCUT2D eigenvalue weighted by Crippen LogP contribution is -2.32. The maximum atomic E-state index is 11.5. The Bertz CT molecular complexity index is 388. The third-order valence-corrected chi connectivity index (χ3v) is 2.51. The fourth-order valence-corrected chi connectivity index (χ4v) is 1.39. The van der Waals surface area contributed by atoms with Crippen LogP contribution in [0, 0.1) is 5.92 Å². The highest BCUT2D eigenvalue weighted by Gasteiger charge is 2.07. The Morgan fingerprint density at radius 2 is 1.78 bits per heavy atom. The Morgan fingerprint density at radius 3 is 2.39 bits per heavy atom. The molecule has 0 aliphatic carbocycles. The Hall–Kier alpha value is -1.84. The number of nitrogens with one attached hydrogen (secondary N) is 2. The summed E-state index contributed by atoms with van der Waals surface area (Å²) in [4.78, 5) is 22.8. The molecule has 1 aromatic rings. The van der Waals surface area contributed by atoms with Gasteiger partial charge in [0.25, 0.3) is 0 Å². The first kappa shape index (κ1) is 14.2. The van der Waals surface area contributed by atoms with Gasteiger partial charge < -0.3 is 10.6 Å². The third-order valence-electron chi connectivity index (χ3n) is 2.51. The van der Waals surface area contributed by atoms with Crippen LogP contribution in [0.3, 0.4) is 0 Å². The number of rotatable bonds is 6. The van der Waals surface area contributed by atoms with Gasteiger partial charge in [-0.1, -0.05) is 44.2 Å². The van der Waals surface area contributed by atoms with E-state index in [0.717, 1.165) is 5.56 Å². The molecule has 1 rings (SSSR count). The second-order valence-electron chi connectivity index (χ2n) is 4.46. The highest BCUT2D eigenvalue weighted by atomic mass is 16.2. The molecular weight excluding hydrogens is 228 g/mol. The summed E-state index contributed by atoms with van der Waals surface area (Å²) in [6, 6.07) is 9.73. The molecule has 98 valence electrons. The molecule has 0 aromatic heterocycles. The van der Waals surface area contributed by atoms with Gasteiger partial charge >= 0.3 is 0 Å². The molecule has 0 spiro atoms. The van der Waals surface area contributed by atoms with Crippen LogP contribution in [0.5, 0.6) is 0 Å². The van der Waals surface area contributed by atoms with Gasteiger partial charge in [0.2, 0.25) is 11.8 Å². The van der Waals surface area contributed by atoms with Crippen molar-refractivity contribution in [3.8, 4) is 0 Å². The van der Waals surface area contributed by atoms with E-state index in [-0.39, 0.29) is 17.7 Å². The molecule has 0 atom stereocenters. The maximum Gasteiger partial charge on any atom is 0.222 e. The lowest BCUT2D eigenvalue weighted by Gasteiger charge is -2.08. The SMILES string of the molecule is CC(C)C(=O)NCCC(=O)NCc1ccccc1. The van der Waals surface area contributed by atoms with Crippen LogP contribution in [0.15, 0.2) is 30.3 Å². The van der Waals surface area contributed by atoms with Gasteiger partial charge in [0.05, 0.1) is 0 Å². The lowest BCUT2D eigenvalue weighted by atomic mass is 10.2. The van der Waals surface area contributed by atoms with Crippen LogP contribution in [0.2, 0.25) is 0 Å². The number of carbonyl (C=O) groups excluding carboxylic acids is 2. The topological polar surface area (TPSA) is 58.2 Å².